The molecule has 0 spiro atoms. The summed E-state index contributed by atoms with van der Waals surface area (Å²) in [5.41, 5.74) is 5.42. The number of amides is 6. The first-order chi connectivity index (χ1) is 25.7. The number of ether oxygens (including phenoxy) is 4. The van der Waals surface area contributed by atoms with E-state index in [1.54, 1.807) is 32.0 Å². The van der Waals surface area contributed by atoms with Crippen molar-refractivity contribution in [3.63, 3.8) is 0 Å². The summed E-state index contributed by atoms with van der Waals surface area (Å²) in [4.78, 5) is 114. The molecule has 1 aromatic rings. The second kappa shape index (κ2) is 21.3. The van der Waals surface area contributed by atoms with Gasteiger partial charge in [0.05, 0.1) is 12.5 Å². The SMILES string of the molecule is CC(=O)N[C@@H]1[C@@H](OC(C)=O)[C@H](OC(C)=O)[C@@H](COC(C)=O)O[C@H]1NC(=O)[C@H](CC(=O)N[C@@H](CC(C)C)C(=O)N[C@H](C(N)=O)[C@@H](C)O)NC(=O)c1ccccc1. The van der Waals surface area contributed by atoms with Gasteiger partial charge in [-0.05, 0) is 31.4 Å². The van der Waals surface area contributed by atoms with Gasteiger partial charge in [-0.1, -0.05) is 32.0 Å². The van der Waals surface area contributed by atoms with E-state index < -0.39 is 121 Å². The van der Waals surface area contributed by atoms with Crippen molar-refractivity contribution in [2.45, 2.75) is 116 Å². The molecule has 0 aliphatic carbocycles. The molecule has 0 unspecified atom stereocenters. The zero-order valence-electron chi connectivity index (χ0n) is 31.6. The quantitative estimate of drug-likeness (QED) is 0.0617. The third-order valence-corrected chi connectivity index (χ3v) is 7.89. The van der Waals surface area contributed by atoms with E-state index in [1.165, 1.54) is 19.1 Å². The number of benzene rings is 1. The highest BCUT2D eigenvalue weighted by Gasteiger charge is 2.51. The molecular formula is C35H50N6O14. The van der Waals surface area contributed by atoms with Gasteiger partial charge in [0, 0.05) is 33.3 Å². The standard InChI is InChI=1S/C35H50N6O14/c1-16(2)13-23(33(50)40-27(17(3)42)31(36)48)38-26(47)14-24(39-32(49)22-11-9-8-10-12-22)34(51)41-35-28(37-18(4)43)30(54-21(7)46)29(53-20(6)45)25(55-35)15-52-19(5)44/h8-12,16-17,23-25,27-30,35,42H,13-15H2,1-7H3,(H2,36,48)(H,37,43)(H,38,47)(H,39,49)(H,40,50)(H,41,51)/t17-,23+,24+,25-,27+,28-,29-,30-,35-/m1/s1. The molecule has 0 radical (unpaired) electrons. The van der Waals surface area contributed by atoms with E-state index in [2.05, 4.69) is 26.6 Å². The molecule has 20 heteroatoms. The number of esters is 3. The van der Waals surface area contributed by atoms with Crippen molar-refractivity contribution in [2.24, 2.45) is 11.7 Å². The molecule has 9 atom stereocenters. The second-order valence-corrected chi connectivity index (χ2v) is 13.3. The largest absolute Gasteiger partial charge is 0.463 e. The third kappa shape index (κ3) is 15.0. The molecule has 1 heterocycles. The number of hydrogen-bond acceptors (Lipinski definition) is 14. The smallest absolute Gasteiger partial charge is 0.303 e. The highest BCUT2D eigenvalue weighted by atomic mass is 16.6. The van der Waals surface area contributed by atoms with Gasteiger partial charge in [-0.25, -0.2) is 0 Å². The minimum absolute atomic E-state index is 0.0508. The summed E-state index contributed by atoms with van der Waals surface area (Å²) in [5, 5.41) is 22.2. The van der Waals surface area contributed by atoms with Gasteiger partial charge in [0.25, 0.3) is 5.91 Å². The average Bonchev–Trinajstić information content (AvgIpc) is 3.07. The monoisotopic (exact) mass is 778 g/mol. The highest BCUT2D eigenvalue weighted by molar-refractivity contribution is 5.99. The Bertz CT molecular complexity index is 1570. The maximum atomic E-state index is 14.1. The number of nitrogens with two attached hydrogens (primary N) is 1. The van der Waals surface area contributed by atoms with E-state index in [1.807, 2.05) is 0 Å². The number of nitrogens with one attached hydrogen (secondary N) is 5. The summed E-state index contributed by atoms with van der Waals surface area (Å²) in [6.07, 6.45) is -8.08. The van der Waals surface area contributed by atoms with Gasteiger partial charge in [0.15, 0.2) is 18.4 Å². The number of hydrogen-bond donors (Lipinski definition) is 7. The second-order valence-electron chi connectivity index (χ2n) is 13.3. The van der Waals surface area contributed by atoms with Crippen LogP contribution in [0.4, 0.5) is 0 Å². The van der Waals surface area contributed by atoms with Crippen molar-refractivity contribution in [1.29, 1.82) is 0 Å². The molecule has 1 aliphatic heterocycles. The van der Waals surface area contributed by atoms with Crippen molar-refractivity contribution < 1.29 is 67.2 Å². The topological polar surface area (TPSA) is 297 Å². The Morgan fingerprint density at radius 3 is 1.89 bits per heavy atom. The molecule has 20 nitrogen and oxygen atoms in total. The van der Waals surface area contributed by atoms with Gasteiger partial charge in [0.1, 0.15) is 36.9 Å². The van der Waals surface area contributed by atoms with Crippen LogP contribution < -0.4 is 32.3 Å². The lowest BCUT2D eigenvalue weighted by Gasteiger charge is -2.45. The van der Waals surface area contributed by atoms with E-state index in [9.17, 15) is 48.3 Å². The number of carbonyl (C=O) groups is 9. The fourth-order valence-corrected chi connectivity index (χ4v) is 5.56. The number of primary amides is 1. The summed E-state index contributed by atoms with van der Waals surface area (Å²) in [5.74, 6) is -7.99. The van der Waals surface area contributed by atoms with E-state index >= 15 is 0 Å². The highest BCUT2D eigenvalue weighted by Crippen LogP contribution is 2.26. The van der Waals surface area contributed by atoms with Crippen molar-refractivity contribution in [1.82, 2.24) is 26.6 Å². The van der Waals surface area contributed by atoms with Crippen LogP contribution in [0.25, 0.3) is 0 Å². The van der Waals surface area contributed by atoms with Gasteiger partial charge >= 0.3 is 17.9 Å². The lowest BCUT2D eigenvalue weighted by molar-refractivity contribution is -0.228. The molecule has 0 bridgehead atoms. The Balaban J connectivity index is 2.53. The predicted octanol–water partition coefficient (Wildman–Crippen LogP) is -2.17. The van der Waals surface area contributed by atoms with Crippen molar-refractivity contribution >= 4 is 53.4 Å². The Hall–Kier alpha value is -5.63. The lowest BCUT2D eigenvalue weighted by atomic mass is 9.94. The van der Waals surface area contributed by atoms with E-state index in [4.69, 9.17) is 24.7 Å². The van der Waals surface area contributed by atoms with Crippen molar-refractivity contribution in [2.75, 3.05) is 6.61 Å². The molecule has 1 saturated heterocycles. The van der Waals surface area contributed by atoms with Gasteiger partial charge in [-0.15, -0.1) is 0 Å². The first kappa shape index (κ1) is 45.5. The van der Waals surface area contributed by atoms with Crippen LogP contribution >= 0.6 is 0 Å². The molecule has 55 heavy (non-hydrogen) atoms. The van der Waals surface area contributed by atoms with E-state index in [0.717, 1.165) is 27.7 Å². The summed E-state index contributed by atoms with van der Waals surface area (Å²) >= 11 is 0. The van der Waals surface area contributed by atoms with Crippen LogP contribution in [0, 0.1) is 5.92 Å². The van der Waals surface area contributed by atoms with Crippen LogP contribution in [0.2, 0.25) is 0 Å². The van der Waals surface area contributed by atoms with Crippen LogP contribution in [-0.4, -0.2) is 120 Å². The van der Waals surface area contributed by atoms with Crippen LogP contribution in [0.1, 0.15) is 71.7 Å². The van der Waals surface area contributed by atoms with Crippen LogP contribution in [0.5, 0.6) is 0 Å². The van der Waals surface area contributed by atoms with Crippen molar-refractivity contribution in [3.8, 4) is 0 Å². The Morgan fingerprint density at radius 1 is 0.782 bits per heavy atom. The zero-order valence-corrected chi connectivity index (χ0v) is 31.6. The molecule has 6 amide bonds. The average molecular weight is 779 g/mol. The van der Waals surface area contributed by atoms with Gasteiger partial charge < -0.3 is 56.4 Å². The van der Waals surface area contributed by atoms with E-state index in [0.29, 0.717) is 0 Å². The van der Waals surface area contributed by atoms with E-state index in [-0.39, 0.29) is 17.9 Å². The first-order valence-corrected chi connectivity index (χ1v) is 17.3. The number of rotatable bonds is 18. The summed E-state index contributed by atoms with van der Waals surface area (Å²) < 4.78 is 21.9. The van der Waals surface area contributed by atoms with Gasteiger partial charge in [-0.3, -0.25) is 43.2 Å². The first-order valence-electron chi connectivity index (χ1n) is 17.3. The van der Waals surface area contributed by atoms with Gasteiger partial charge in [0.2, 0.25) is 29.5 Å². The number of carbonyl (C=O) groups excluding carboxylic acids is 9. The maximum Gasteiger partial charge on any atom is 0.303 e. The van der Waals surface area contributed by atoms with Crippen molar-refractivity contribution in [3.05, 3.63) is 35.9 Å². The van der Waals surface area contributed by atoms with Crippen LogP contribution in [0.3, 0.4) is 0 Å². The minimum Gasteiger partial charge on any atom is -0.463 e. The Kier molecular flexibility index (Phi) is 17.6. The third-order valence-electron chi connectivity index (χ3n) is 7.89. The molecule has 304 valence electrons. The number of aliphatic hydroxyl groups is 1. The summed E-state index contributed by atoms with van der Waals surface area (Å²) in [6, 6.07) is 1.75. The fraction of sp³-hybridized carbons (Fsp3) is 0.571. The Labute approximate surface area is 317 Å². The molecule has 1 aliphatic rings. The summed E-state index contributed by atoms with van der Waals surface area (Å²) in [6.45, 7) is 8.48. The number of aliphatic hydroxyl groups excluding tert-OH is 1. The minimum atomic E-state index is -1.70. The van der Waals surface area contributed by atoms with Crippen LogP contribution in [-0.2, 0) is 57.3 Å². The molecule has 8 N–H and O–H groups in total. The molecule has 1 aromatic carbocycles. The van der Waals surface area contributed by atoms with Crippen LogP contribution in [0.15, 0.2) is 30.3 Å². The maximum absolute atomic E-state index is 14.1. The molecule has 0 saturated carbocycles. The summed E-state index contributed by atoms with van der Waals surface area (Å²) in [7, 11) is 0. The fourth-order valence-electron chi connectivity index (χ4n) is 5.56. The molecular weight excluding hydrogens is 728 g/mol. The lowest BCUT2D eigenvalue weighted by Crippen LogP contribution is -2.70. The normalized spacial score (nSPS) is 21.3. The predicted molar refractivity (Wildman–Crippen MR) is 189 cm³/mol. The Morgan fingerprint density at radius 2 is 1.38 bits per heavy atom. The molecule has 1 fully saturated rings. The molecule has 2 rings (SSSR count). The van der Waals surface area contributed by atoms with Gasteiger partial charge in [-0.2, -0.15) is 0 Å². The molecule has 0 aromatic heterocycles. The zero-order chi connectivity index (χ0) is 41.6.